The van der Waals surface area contributed by atoms with Crippen molar-refractivity contribution >= 4 is 23.1 Å². The lowest BCUT2D eigenvalue weighted by atomic mass is 10.3. The van der Waals surface area contributed by atoms with Gasteiger partial charge in [-0.05, 0) is 36.4 Å². The molecule has 0 aliphatic heterocycles. The number of carbonyl (C=O) groups is 1. The van der Waals surface area contributed by atoms with E-state index in [0.717, 1.165) is 17.2 Å². The molecule has 2 heterocycles. The molecule has 0 aliphatic carbocycles. The number of hydrogen-bond donors (Lipinski definition) is 3. The highest BCUT2D eigenvalue weighted by molar-refractivity contribution is 5.92. The standard InChI is InChI=1S/C19H19N5O/c25-19(14-20-12-16-8-4-5-11-21-16)24-17-9-10-18(22-13-17)23-15-6-2-1-3-7-15/h1-11,13,20H,12,14H2,(H,22,23)(H,24,25). The van der Waals surface area contributed by atoms with E-state index in [-0.39, 0.29) is 12.5 Å². The van der Waals surface area contributed by atoms with E-state index in [4.69, 9.17) is 0 Å². The molecule has 6 heteroatoms. The van der Waals surface area contributed by atoms with Crippen LogP contribution in [0.2, 0.25) is 0 Å². The van der Waals surface area contributed by atoms with Crippen molar-refractivity contribution in [3.8, 4) is 0 Å². The Hall–Kier alpha value is -3.25. The Morgan fingerprint density at radius 1 is 0.880 bits per heavy atom. The van der Waals surface area contributed by atoms with Crippen molar-refractivity contribution in [3.05, 3.63) is 78.8 Å². The van der Waals surface area contributed by atoms with Crippen LogP contribution in [0.5, 0.6) is 0 Å². The van der Waals surface area contributed by atoms with Gasteiger partial charge in [0, 0.05) is 18.4 Å². The van der Waals surface area contributed by atoms with Crippen molar-refractivity contribution < 1.29 is 4.79 Å². The predicted molar refractivity (Wildman–Crippen MR) is 98.5 cm³/mol. The summed E-state index contributed by atoms with van der Waals surface area (Å²) in [5.74, 6) is 0.596. The van der Waals surface area contributed by atoms with Crippen LogP contribution in [0.3, 0.4) is 0 Å². The fourth-order valence-corrected chi connectivity index (χ4v) is 2.22. The number of hydrogen-bond acceptors (Lipinski definition) is 5. The monoisotopic (exact) mass is 333 g/mol. The maximum absolute atomic E-state index is 11.9. The van der Waals surface area contributed by atoms with Crippen LogP contribution in [-0.4, -0.2) is 22.4 Å². The van der Waals surface area contributed by atoms with Crippen molar-refractivity contribution in [2.24, 2.45) is 0 Å². The zero-order chi connectivity index (χ0) is 17.3. The van der Waals surface area contributed by atoms with Gasteiger partial charge in [-0.25, -0.2) is 4.98 Å². The van der Waals surface area contributed by atoms with E-state index in [0.29, 0.717) is 12.2 Å². The summed E-state index contributed by atoms with van der Waals surface area (Å²) in [6.07, 6.45) is 3.36. The summed E-state index contributed by atoms with van der Waals surface area (Å²) in [6.45, 7) is 0.757. The lowest BCUT2D eigenvalue weighted by Gasteiger charge is -2.08. The molecule has 0 spiro atoms. The molecular formula is C19H19N5O. The molecule has 0 fully saturated rings. The van der Waals surface area contributed by atoms with Gasteiger partial charge in [-0.15, -0.1) is 0 Å². The summed E-state index contributed by atoms with van der Waals surface area (Å²) in [4.78, 5) is 20.4. The molecule has 1 aromatic carbocycles. The van der Waals surface area contributed by atoms with Crippen LogP contribution >= 0.6 is 0 Å². The fraction of sp³-hybridized carbons (Fsp3) is 0.105. The molecule has 0 radical (unpaired) electrons. The van der Waals surface area contributed by atoms with E-state index in [1.807, 2.05) is 60.7 Å². The first kappa shape index (κ1) is 16.6. The Labute approximate surface area is 146 Å². The first-order chi connectivity index (χ1) is 12.3. The van der Waals surface area contributed by atoms with Crippen LogP contribution in [0.4, 0.5) is 17.2 Å². The Kier molecular flexibility index (Phi) is 5.68. The minimum atomic E-state index is -0.124. The summed E-state index contributed by atoms with van der Waals surface area (Å²) >= 11 is 0. The van der Waals surface area contributed by atoms with Crippen LogP contribution in [0.15, 0.2) is 73.1 Å². The van der Waals surface area contributed by atoms with Gasteiger partial charge in [0.1, 0.15) is 5.82 Å². The van der Waals surface area contributed by atoms with Crippen LogP contribution in [0.25, 0.3) is 0 Å². The van der Waals surface area contributed by atoms with Crippen molar-refractivity contribution in [1.29, 1.82) is 0 Å². The van der Waals surface area contributed by atoms with E-state index < -0.39 is 0 Å². The second-order valence-corrected chi connectivity index (χ2v) is 5.40. The SMILES string of the molecule is O=C(CNCc1ccccn1)Nc1ccc(Nc2ccccc2)nc1. The van der Waals surface area contributed by atoms with E-state index in [9.17, 15) is 4.79 Å². The number of amides is 1. The van der Waals surface area contributed by atoms with Gasteiger partial charge in [0.15, 0.2) is 0 Å². The second kappa shape index (κ2) is 8.56. The molecule has 3 aromatic rings. The van der Waals surface area contributed by atoms with E-state index >= 15 is 0 Å². The number of rotatable bonds is 7. The number of para-hydroxylation sites is 1. The molecule has 3 rings (SSSR count). The average molecular weight is 333 g/mol. The Bertz CT molecular complexity index is 791. The number of benzene rings is 1. The van der Waals surface area contributed by atoms with Crippen LogP contribution in [0, 0.1) is 0 Å². The summed E-state index contributed by atoms with van der Waals surface area (Å²) in [5.41, 5.74) is 2.52. The second-order valence-electron chi connectivity index (χ2n) is 5.40. The highest BCUT2D eigenvalue weighted by Gasteiger charge is 2.03. The van der Waals surface area contributed by atoms with Gasteiger partial charge in [-0.2, -0.15) is 0 Å². The van der Waals surface area contributed by atoms with Crippen LogP contribution < -0.4 is 16.0 Å². The third-order valence-corrected chi connectivity index (χ3v) is 3.41. The number of nitrogens with zero attached hydrogens (tertiary/aromatic N) is 2. The molecule has 0 atom stereocenters. The summed E-state index contributed by atoms with van der Waals surface area (Å²) in [5, 5.41) is 9.06. The molecule has 2 aromatic heterocycles. The molecular weight excluding hydrogens is 314 g/mol. The van der Waals surface area contributed by atoms with E-state index in [2.05, 4.69) is 25.9 Å². The first-order valence-electron chi connectivity index (χ1n) is 7.98. The zero-order valence-electron chi connectivity index (χ0n) is 13.6. The molecule has 126 valence electrons. The Balaban J connectivity index is 1.45. The first-order valence-corrected chi connectivity index (χ1v) is 7.98. The van der Waals surface area contributed by atoms with Crippen molar-refractivity contribution in [1.82, 2.24) is 15.3 Å². The van der Waals surface area contributed by atoms with Gasteiger partial charge in [-0.1, -0.05) is 24.3 Å². The molecule has 0 saturated carbocycles. The summed E-state index contributed by atoms with van der Waals surface area (Å²) in [7, 11) is 0. The topological polar surface area (TPSA) is 78.9 Å². The number of carbonyl (C=O) groups excluding carboxylic acids is 1. The number of aromatic nitrogens is 2. The minimum absolute atomic E-state index is 0.124. The smallest absolute Gasteiger partial charge is 0.238 e. The summed E-state index contributed by atoms with van der Waals surface area (Å²) < 4.78 is 0. The molecule has 3 N–H and O–H groups in total. The Morgan fingerprint density at radius 3 is 2.44 bits per heavy atom. The molecule has 0 unspecified atom stereocenters. The van der Waals surface area contributed by atoms with Gasteiger partial charge >= 0.3 is 0 Å². The van der Waals surface area contributed by atoms with E-state index in [1.165, 1.54) is 0 Å². The van der Waals surface area contributed by atoms with Crippen LogP contribution in [0.1, 0.15) is 5.69 Å². The lowest BCUT2D eigenvalue weighted by Crippen LogP contribution is -2.28. The fourth-order valence-electron chi connectivity index (χ4n) is 2.22. The van der Waals surface area contributed by atoms with Gasteiger partial charge in [0.05, 0.1) is 24.1 Å². The molecule has 0 saturated heterocycles. The van der Waals surface area contributed by atoms with Crippen molar-refractivity contribution in [2.75, 3.05) is 17.2 Å². The maximum atomic E-state index is 11.9. The minimum Gasteiger partial charge on any atom is -0.340 e. The van der Waals surface area contributed by atoms with Gasteiger partial charge < -0.3 is 16.0 Å². The summed E-state index contributed by atoms with van der Waals surface area (Å²) in [6, 6.07) is 19.1. The van der Waals surface area contributed by atoms with Crippen LogP contribution in [-0.2, 0) is 11.3 Å². The third-order valence-electron chi connectivity index (χ3n) is 3.41. The largest absolute Gasteiger partial charge is 0.340 e. The molecule has 0 aliphatic rings. The average Bonchev–Trinajstić information content (AvgIpc) is 2.65. The normalized spacial score (nSPS) is 10.2. The molecule has 1 amide bonds. The zero-order valence-corrected chi connectivity index (χ0v) is 13.6. The van der Waals surface area contributed by atoms with Crippen molar-refractivity contribution in [2.45, 2.75) is 6.54 Å². The van der Waals surface area contributed by atoms with Gasteiger partial charge in [-0.3, -0.25) is 9.78 Å². The predicted octanol–water partition coefficient (Wildman–Crippen LogP) is 2.95. The Morgan fingerprint density at radius 2 is 1.72 bits per heavy atom. The highest BCUT2D eigenvalue weighted by atomic mass is 16.1. The van der Waals surface area contributed by atoms with Gasteiger partial charge in [0.2, 0.25) is 5.91 Å². The van der Waals surface area contributed by atoms with Crippen molar-refractivity contribution in [3.63, 3.8) is 0 Å². The van der Waals surface area contributed by atoms with Gasteiger partial charge in [0.25, 0.3) is 0 Å². The number of anilines is 3. The quantitative estimate of drug-likeness (QED) is 0.619. The third kappa shape index (κ3) is 5.40. The maximum Gasteiger partial charge on any atom is 0.238 e. The molecule has 25 heavy (non-hydrogen) atoms. The number of nitrogens with one attached hydrogen (secondary N) is 3. The highest BCUT2D eigenvalue weighted by Crippen LogP contribution is 2.15. The lowest BCUT2D eigenvalue weighted by molar-refractivity contribution is -0.115. The number of pyridine rings is 2. The molecule has 0 bridgehead atoms. The van der Waals surface area contributed by atoms with E-state index in [1.54, 1.807) is 12.4 Å². The molecule has 6 nitrogen and oxygen atoms in total.